The Morgan fingerprint density at radius 3 is 1.78 bits per heavy atom. The lowest BCUT2D eigenvalue weighted by Crippen LogP contribution is -2.02. The van der Waals surface area contributed by atoms with Crippen molar-refractivity contribution in [2.45, 2.75) is 0 Å². The lowest BCUT2D eigenvalue weighted by molar-refractivity contribution is 0.0598. The number of hydrogen-bond acceptors (Lipinski definition) is 3. The Labute approximate surface area is 147 Å². The van der Waals surface area contributed by atoms with E-state index in [1.165, 1.54) is 31.4 Å². The number of esters is 1. The van der Waals surface area contributed by atoms with E-state index in [9.17, 15) is 18.4 Å². The highest BCUT2D eigenvalue weighted by Gasteiger charge is 2.10. The van der Waals surface area contributed by atoms with Crippen LogP contribution in [0.1, 0.15) is 20.7 Å². The molecule has 0 amide bonds. The van der Waals surface area contributed by atoms with Gasteiger partial charge in [0.1, 0.15) is 11.6 Å². The normalized spacial score (nSPS) is 9.61. The van der Waals surface area contributed by atoms with E-state index in [1.54, 1.807) is 0 Å². The molecule has 122 valence electrons. The minimum atomic E-state index is -1.14. The predicted molar refractivity (Wildman–Crippen MR) is 86.5 cm³/mol. The molecule has 1 N–H and O–H groups in total. The molecule has 2 aromatic rings. The summed E-state index contributed by atoms with van der Waals surface area (Å²) in [5.74, 6) is -2.71. The van der Waals surface area contributed by atoms with E-state index in [0.717, 1.165) is 12.1 Å². The van der Waals surface area contributed by atoms with Crippen LogP contribution in [0.25, 0.3) is 0 Å². The van der Waals surface area contributed by atoms with Gasteiger partial charge in [0, 0.05) is 8.95 Å². The van der Waals surface area contributed by atoms with Crippen LogP contribution in [0.3, 0.4) is 0 Å². The molecule has 0 fully saturated rings. The summed E-state index contributed by atoms with van der Waals surface area (Å²) < 4.78 is 30.4. The van der Waals surface area contributed by atoms with Gasteiger partial charge < -0.3 is 9.84 Å². The molecule has 0 saturated carbocycles. The Hall–Kier alpha value is -1.80. The van der Waals surface area contributed by atoms with Crippen LogP contribution in [0.2, 0.25) is 0 Å². The molecule has 0 spiro atoms. The Kier molecular flexibility index (Phi) is 7.31. The summed E-state index contributed by atoms with van der Waals surface area (Å²) in [6.45, 7) is 0. The fourth-order valence-electron chi connectivity index (χ4n) is 1.43. The van der Waals surface area contributed by atoms with Gasteiger partial charge in [0.2, 0.25) is 0 Å². The number of carbonyl (C=O) groups excluding carboxylic acids is 1. The first-order chi connectivity index (χ1) is 10.8. The second-order valence-electron chi connectivity index (χ2n) is 4.05. The third kappa shape index (κ3) is 5.72. The number of aromatic carboxylic acids is 1. The van der Waals surface area contributed by atoms with Crippen LogP contribution in [-0.2, 0) is 4.74 Å². The fourth-order valence-corrected chi connectivity index (χ4v) is 2.25. The van der Waals surface area contributed by atoms with Gasteiger partial charge >= 0.3 is 11.9 Å². The molecular formula is C15H10Br2F2O4. The summed E-state index contributed by atoms with van der Waals surface area (Å²) >= 11 is 6.09. The minimum Gasteiger partial charge on any atom is -0.478 e. The van der Waals surface area contributed by atoms with E-state index in [1.807, 2.05) is 0 Å². The van der Waals surface area contributed by atoms with E-state index in [0.29, 0.717) is 8.95 Å². The number of halogens is 4. The number of rotatable bonds is 2. The molecule has 0 saturated heterocycles. The standard InChI is InChI=1S/C8H6BrFO2.C7H4BrFO2/c1-12-8(11)6-4-5(10)2-3-7(6)9;8-6-2-1-4(9)3-5(6)7(10)11/h2-4H,1H3;1-3H,(H,10,11). The third-order valence-corrected chi connectivity index (χ3v) is 3.88. The molecule has 23 heavy (non-hydrogen) atoms. The number of ether oxygens (including phenoxy) is 1. The van der Waals surface area contributed by atoms with Gasteiger partial charge in [0.15, 0.2) is 0 Å². The number of carboxylic acids is 1. The average molecular weight is 452 g/mol. The van der Waals surface area contributed by atoms with Gasteiger partial charge in [-0.3, -0.25) is 0 Å². The summed E-state index contributed by atoms with van der Waals surface area (Å²) in [6, 6.07) is 7.36. The largest absolute Gasteiger partial charge is 0.478 e. The molecule has 0 aromatic heterocycles. The van der Waals surface area contributed by atoms with Crippen LogP contribution < -0.4 is 0 Å². The van der Waals surface area contributed by atoms with Crippen LogP contribution >= 0.6 is 31.9 Å². The van der Waals surface area contributed by atoms with Gasteiger partial charge in [-0.15, -0.1) is 0 Å². The molecule has 0 aliphatic heterocycles. The van der Waals surface area contributed by atoms with Crippen molar-refractivity contribution in [1.29, 1.82) is 0 Å². The maximum atomic E-state index is 12.6. The van der Waals surface area contributed by atoms with Crippen molar-refractivity contribution in [3.05, 3.63) is 68.1 Å². The first kappa shape index (κ1) is 19.2. The van der Waals surface area contributed by atoms with E-state index in [2.05, 4.69) is 36.6 Å². The first-order valence-electron chi connectivity index (χ1n) is 5.98. The van der Waals surface area contributed by atoms with E-state index >= 15 is 0 Å². The van der Waals surface area contributed by atoms with Crippen molar-refractivity contribution in [1.82, 2.24) is 0 Å². The number of hydrogen-bond donors (Lipinski definition) is 1. The van der Waals surface area contributed by atoms with Crippen LogP contribution in [0.5, 0.6) is 0 Å². The zero-order valence-electron chi connectivity index (χ0n) is 11.6. The van der Waals surface area contributed by atoms with Gasteiger partial charge in [-0.05, 0) is 68.3 Å². The minimum absolute atomic E-state index is 0.0648. The fraction of sp³-hybridized carbons (Fsp3) is 0.0667. The molecule has 2 aromatic carbocycles. The van der Waals surface area contributed by atoms with Gasteiger partial charge in [0.25, 0.3) is 0 Å². The Morgan fingerprint density at radius 1 is 0.957 bits per heavy atom. The lowest BCUT2D eigenvalue weighted by Gasteiger charge is -2.01. The Balaban J connectivity index is 0.000000231. The molecule has 0 aliphatic carbocycles. The summed E-state index contributed by atoms with van der Waals surface area (Å²) in [5, 5.41) is 8.49. The highest BCUT2D eigenvalue weighted by molar-refractivity contribution is 9.10. The molecule has 0 unspecified atom stereocenters. The van der Waals surface area contributed by atoms with Crippen LogP contribution in [0.4, 0.5) is 8.78 Å². The van der Waals surface area contributed by atoms with Gasteiger partial charge in [0.05, 0.1) is 18.2 Å². The zero-order valence-corrected chi connectivity index (χ0v) is 14.8. The summed E-state index contributed by atoms with van der Waals surface area (Å²) in [4.78, 5) is 21.3. The van der Waals surface area contributed by atoms with Gasteiger partial charge in [-0.2, -0.15) is 0 Å². The summed E-state index contributed by atoms with van der Waals surface area (Å²) in [5.41, 5.74) is 0.127. The van der Waals surface area contributed by atoms with Crippen molar-refractivity contribution >= 4 is 43.8 Å². The zero-order chi connectivity index (χ0) is 17.6. The number of carbonyl (C=O) groups is 2. The van der Waals surface area contributed by atoms with Crippen LogP contribution in [0.15, 0.2) is 45.3 Å². The molecule has 4 nitrogen and oxygen atoms in total. The van der Waals surface area contributed by atoms with Crippen molar-refractivity contribution in [3.8, 4) is 0 Å². The molecular weight excluding hydrogens is 442 g/mol. The van der Waals surface area contributed by atoms with Crippen LogP contribution in [-0.4, -0.2) is 24.2 Å². The van der Waals surface area contributed by atoms with Crippen molar-refractivity contribution < 1.29 is 28.2 Å². The Bertz CT molecular complexity index is 735. The molecule has 0 heterocycles. The third-order valence-electron chi connectivity index (χ3n) is 2.49. The lowest BCUT2D eigenvalue weighted by atomic mass is 10.2. The maximum Gasteiger partial charge on any atom is 0.339 e. The molecule has 8 heteroatoms. The quantitative estimate of drug-likeness (QED) is 0.674. The van der Waals surface area contributed by atoms with E-state index in [4.69, 9.17) is 5.11 Å². The highest BCUT2D eigenvalue weighted by atomic mass is 79.9. The maximum absolute atomic E-state index is 12.6. The predicted octanol–water partition coefficient (Wildman–Crippen LogP) is 4.66. The van der Waals surface area contributed by atoms with Crippen LogP contribution in [0, 0.1) is 11.6 Å². The summed E-state index contributed by atoms with van der Waals surface area (Å²) in [7, 11) is 1.25. The van der Waals surface area contributed by atoms with Gasteiger partial charge in [-0.1, -0.05) is 0 Å². The molecule has 0 aliphatic rings. The first-order valence-corrected chi connectivity index (χ1v) is 7.56. The second kappa shape index (κ2) is 8.73. The molecule has 0 atom stereocenters. The SMILES string of the molecule is COC(=O)c1cc(F)ccc1Br.O=C(O)c1cc(F)ccc1Br. The van der Waals surface area contributed by atoms with Gasteiger partial charge in [-0.25, -0.2) is 18.4 Å². The molecule has 0 radical (unpaired) electrons. The number of carboxylic acid groups (broad SMARTS) is 1. The Morgan fingerprint density at radius 2 is 1.39 bits per heavy atom. The van der Waals surface area contributed by atoms with Crippen molar-refractivity contribution in [3.63, 3.8) is 0 Å². The average Bonchev–Trinajstić information content (AvgIpc) is 2.51. The number of methoxy groups -OCH3 is 1. The highest BCUT2D eigenvalue weighted by Crippen LogP contribution is 2.18. The molecule has 2 rings (SSSR count). The smallest absolute Gasteiger partial charge is 0.339 e. The van der Waals surface area contributed by atoms with E-state index < -0.39 is 23.6 Å². The second-order valence-corrected chi connectivity index (χ2v) is 5.75. The monoisotopic (exact) mass is 450 g/mol. The number of benzene rings is 2. The van der Waals surface area contributed by atoms with E-state index in [-0.39, 0.29) is 11.1 Å². The van der Waals surface area contributed by atoms with Crippen molar-refractivity contribution in [2.75, 3.05) is 7.11 Å². The molecule has 0 bridgehead atoms. The topological polar surface area (TPSA) is 63.6 Å². The summed E-state index contributed by atoms with van der Waals surface area (Å²) in [6.07, 6.45) is 0. The van der Waals surface area contributed by atoms with Crippen molar-refractivity contribution in [2.24, 2.45) is 0 Å².